The monoisotopic (exact) mass is 378 g/mol. The van der Waals surface area contributed by atoms with E-state index in [-0.39, 0.29) is 0 Å². The van der Waals surface area contributed by atoms with Crippen molar-refractivity contribution < 1.29 is 9.47 Å². The summed E-state index contributed by atoms with van der Waals surface area (Å²) in [6.45, 7) is 13.5. The van der Waals surface area contributed by atoms with Gasteiger partial charge in [0.05, 0.1) is 20.8 Å². The van der Waals surface area contributed by atoms with Crippen LogP contribution in [0.1, 0.15) is 46.1 Å². The average Bonchev–Trinajstić information content (AvgIpc) is 2.69. The summed E-state index contributed by atoms with van der Waals surface area (Å²) >= 11 is 0. The van der Waals surface area contributed by atoms with Gasteiger partial charge in [-0.3, -0.25) is 0 Å². The first-order chi connectivity index (χ1) is 13.1. The Morgan fingerprint density at radius 2 is 1.81 bits per heavy atom. The molecule has 0 aromatic heterocycles. The number of ether oxygens (including phenoxy) is 2. The summed E-state index contributed by atoms with van der Waals surface area (Å²) in [5.41, 5.74) is 1.08. The van der Waals surface area contributed by atoms with E-state index in [0.29, 0.717) is 12.6 Å². The summed E-state index contributed by atoms with van der Waals surface area (Å²) in [4.78, 5) is 7.18. The van der Waals surface area contributed by atoms with Crippen LogP contribution >= 0.6 is 0 Å². The number of benzene rings is 1. The number of methoxy groups -OCH3 is 2. The Bertz CT molecular complexity index is 559. The van der Waals surface area contributed by atoms with Crippen LogP contribution in [-0.4, -0.2) is 57.3 Å². The maximum absolute atomic E-state index is 5.37. The van der Waals surface area contributed by atoms with Crippen LogP contribution in [0.3, 0.4) is 0 Å². The minimum absolute atomic E-state index is 0.378. The fourth-order valence-electron chi connectivity index (χ4n) is 2.94. The lowest BCUT2D eigenvalue weighted by atomic mass is 10.2. The van der Waals surface area contributed by atoms with Gasteiger partial charge in [0.25, 0.3) is 0 Å². The Balaban J connectivity index is 2.61. The molecule has 154 valence electrons. The number of hydrogen-bond donors (Lipinski definition) is 2. The van der Waals surface area contributed by atoms with E-state index in [1.807, 2.05) is 18.2 Å². The summed E-state index contributed by atoms with van der Waals surface area (Å²) in [6, 6.07) is 6.28. The number of nitrogens with zero attached hydrogens (tertiary/aromatic N) is 2. The van der Waals surface area contributed by atoms with Crippen LogP contribution < -0.4 is 20.1 Å². The van der Waals surface area contributed by atoms with Crippen molar-refractivity contribution in [1.82, 2.24) is 15.5 Å². The van der Waals surface area contributed by atoms with Crippen molar-refractivity contribution in [1.29, 1.82) is 0 Å². The van der Waals surface area contributed by atoms with Gasteiger partial charge in [0, 0.05) is 12.6 Å². The van der Waals surface area contributed by atoms with Crippen molar-refractivity contribution in [3.8, 4) is 11.5 Å². The van der Waals surface area contributed by atoms with Gasteiger partial charge < -0.3 is 25.0 Å². The first kappa shape index (κ1) is 23.1. The molecule has 27 heavy (non-hydrogen) atoms. The molecule has 1 aromatic rings. The van der Waals surface area contributed by atoms with Gasteiger partial charge in [0.2, 0.25) is 0 Å². The minimum Gasteiger partial charge on any atom is -0.493 e. The Morgan fingerprint density at radius 1 is 1.11 bits per heavy atom. The van der Waals surface area contributed by atoms with Gasteiger partial charge in [0.15, 0.2) is 17.5 Å². The van der Waals surface area contributed by atoms with Crippen molar-refractivity contribution in [2.45, 2.75) is 53.1 Å². The normalized spacial score (nSPS) is 12.8. The van der Waals surface area contributed by atoms with Crippen LogP contribution in [0, 0.1) is 0 Å². The maximum Gasteiger partial charge on any atom is 0.191 e. The predicted octanol–water partition coefficient (Wildman–Crippen LogP) is 3.27. The highest BCUT2D eigenvalue weighted by Gasteiger charge is 2.08. The predicted molar refractivity (Wildman–Crippen MR) is 114 cm³/mol. The molecule has 0 spiro atoms. The SMILES string of the molecule is CCNC(=NCc1ccc(OC)c(OC)c1)NC(C)CCCN(CC)CC. The van der Waals surface area contributed by atoms with E-state index in [2.05, 4.69) is 43.2 Å². The topological polar surface area (TPSA) is 58.1 Å². The third-order valence-electron chi connectivity index (χ3n) is 4.60. The quantitative estimate of drug-likeness (QED) is 0.432. The molecule has 2 N–H and O–H groups in total. The van der Waals surface area contributed by atoms with E-state index in [4.69, 9.17) is 14.5 Å². The van der Waals surface area contributed by atoms with Gasteiger partial charge in [-0.15, -0.1) is 0 Å². The summed E-state index contributed by atoms with van der Waals surface area (Å²) in [6.07, 6.45) is 2.31. The van der Waals surface area contributed by atoms with Crippen LogP contribution in [0.2, 0.25) is 0 Å². The van der Waals surface area contributed by atoms with Gasteiger partial charge in [0.1, 0.15) is 0 Å². The molecule has 6 heteroatoms. The van der Waals surface area contributed by atoms with Crippen LogP contribution in [0.15, 0.2) is 23.2 Å². The highest BCUT2D eigenvalue weighted by molar-refractivity contribution is 5.80. The van der Waals surface area contributed by atoms with Gasteiger partial charge >= 0.3 is 0 Å². The minimum atomic E-state index is 0.378. The molecule has 0 saturated carbocycles. The summed E-state index contributed by atoms with van der Waals surface area (Å²) < 4.78 is 10.7. The number of hydrogen-bond acceptors (Lipinski definition) is 4. The number of guanidine groups is 1. The van der Waals surface area contributed by atoms with Gasteiger partial charge in [-0.1, -0.05) is 19.9 Å². The molecule has 0 aliphatic carbocycles. The number of aliphatic imine (C=N–C) groups is 1. The Labute approximate surface area is 165 Å². The second kappa shape index (κ2) is 13.3. The Morgan fingerprint density at radius 3 is 2.41 bits per heavy atom. The molecule has 0 heterocycles. The van der Waals surface area contributed by atoms with E-state index in [1.54, 1.807) is 14.2 Å². The highest BCUT2D eigenvalue weighted by Crippen LogP contribution is 2.27. The molecule has 6 nitrogen and oxygen atoms in total. The van der Waals surface area contributed by atoms with Crippen LogP contribution in [0.5, 0.6) is 11.5 Å². The lowest BCUT2D eigenvalue weighted by molar-refractivity contribution is 0.292. The molecular weight excluding hydrogens is 340 g/mol. The lowest BCUT2D eigenvalue weighted by Gasteiger charge is -2.21. The molecule has 0 fully saturated rings. The van der Waals surface area contributed by atoms with Gasteiger partial charge in [-0.05, 0) is 64.0 Å². The molecule has 0 aliphatic heterocycles. The van der Waals surface area contributed by atoms with Gasteiger partial charge in [-0.2, -0.15) is 0 Å². The smallest absolute Gasteiger partial charge is 0.191 e. The van der Waals surface area contributed by atoms with Crippen molar-refractivity contribution in [2.24, 2.45) is 4.99 Å². The molecule has 1 aromatic carbocycles. The molecule has 0 bridgehead atoms. The van der Waals surface area contributed by atoms with Crippen molar-refractivity contribution in [3.63, 3.8) is 0 Å². The second-order valence-corrected chi connectivity index (χ2v) is 6.60. The van der Waals surface area contributed by atoms with Gasteiger partial charge in [-0.25, -0.2) is 4.99 Å². The lowest BCUT2D eigenvalue weighted by Crippen LogP contribution is -2.42. The molecule has 0 radical (unpaired) electrons. The molecule has 1 rings (SSSR count). The zero-order chi connectivity index (χ0) is 20.1. The Kier molecular flexibility index (Phi) is 11.3. The zero-order valence-corrected chi connectivity index (χ0v) is 18.0. The van der Waals surface area contributed by atoms with Crippen molar-refractivity contribution in [2.75, 3.05) is 40.4 Å². The van der Waals surface area contributed by atoms with E-state index in [9.17, 15) is 0 Å². The second-order valence-electron chi connectivity index (χ2n) is 6.60. The number of nitrogens with one attached hydrogen (secondary N) is 2. The van der Waals surface area contributed by atoms with Crippen molar-refractivity contribution >= 4 is 5.96 Å². The van der Waals surface area contributed by atoms with Crippen LogP contribution in [-0.2, 0) is 6.54 Å². The van der Waals surface area contributed by atoms with E-state index in [0.717, 1.165) is 55.6 Å². The first-order valence-corrected chi connectivity index (χ1v) is 10.1. The zero-order valence-electron chi connectivity index (χ0n) is 18.0. The third-order valence-corrected chi connectivity index (χ3v) is 4.60. The molecule has 0 aliphatic rings. The van der Waals surface area contributed by atoms with Crippen molar-refractivity contribution in [3.05, 3.63) is 23.8 Å². The third kappa shape index (κ3) is 8.52. The fraction of sp³-hybridized carbons (Fsp3) is 0.667. The molecule has 0 saturated heterocycles. The van der Waals surface area contributed by atoms with E-state index >= 15 is 0 Å². The summed E-state index contributed by atoms with van der Waals surface area (Å²) in [7, 11) is 3.29. The standard InChI is InChI=1S/C21H38N4O2/c1-7-22-21(24-17(4)11-10-14-25(8-2)9-3)23-16-18-12-13-19(26-5)20(15-18)27-6/h12-13,15,17H,7-11,14,16H2,1-6H3,(H2,22,23,24). The molecule has 0 amide bonds. The van der Waals surface area contributed by atoms with E-state index in [1.165, 1.54) is 6.42 Å². The summed E-state index contributed by atoms with van der Waals surface area (Å²) in [5.74, 6) is 2.31. The Hall–Kier alpha value is -1.95. The largest absolute Gasteiger partial charge is 0.493 e. The molecule has 1 atom stereocenters. The van der Waals surface area contributed by atoms with Crippen LogP contribution in [0.4, 0.5) is 0 Å². The molecule has 1 unspecified atom stereocenters. The van der Waals surface area contributed by atoms with E-state index < -0.39 is 0 Å². The summed E-state index contributed by atoms with van der Waals surface area (Å²) in [5, 5.41) is 6.84. The number of rotatable bonds is 12. The van der Waals surface area contributed by atoms with Crippen LogP contribution in [0.25, 0.3) is 0 Å². The maximum atomic E-state index is 5.37. The first-order valence-electron chi connectivity index (χ1n) is 10.1. The molecular formula is C21H38N4O2. The highest BCUT2D eigenvalue weighted by atomic mass is 16.5. The average molecular weight is 379 g/mol. The fourth-order valence-corrected chi connectivity index (χ4v) is 2.94.